The van der Waals surface area contributed by atoms with Gasteiger partial charge in [-0.15, -0.1) is 0 Å². The SMILES string of the molecule is CC(C)=CCCC1(C)C=Cc2c(ccc3c(C)coc23)O1. The number of fused-ring (bicyclic) bond motifs is 3. The van der Waals surface area contributed by atoms with E-state index < -0.39 is 0 Å². The van der Waals surface area contributed by atoms with E-state index in [0.717, 1.165) is 40.7 Å². The monoisotopic (exact) mass is 282 g/mol. The summed E-state index contributed by atoms with van der Waals surface area (Å²) in [6, 6.07) is 4.14. The summed E-state index contributed by atoms with van der Waals surface area (Å²) in [7, 11) is 0. The van der Waals surface area contributed by atoms with E-state index in [2.05, 4.69) is 58.1 Å². The highest BCUT2D eigenvalue weighted by Gasteiger charge is 2.28. The first-order chi connectivity index (χ1) is 9.98. The second kappa shape index (κ2) is 5.10. The molecule has 2 aromatic rings. The van der Waals surface area contributed by atoms with E-state index in [0.29, 0.717) is 0 Å². The molecule has 0 fully saturated rings. The summed E-state index contributed by atoms with van der Waals surface area (Å²) < 4.78 is 11.9. The van der Waals surface area contributed by atoms with Crippen LogP contribution < -0.4 is 4.74 Å². The second-order valence-electron chi connectivity index (χ2n) is 6.34. The lowest BCUT2D eigenvalue weighted by Crippen LogP contribution is -2.31. The number of ether oxygens (including phenoxy) is 1. The zero-order chi connectivity index (χ0) is 15.0. The van der Waals surface area contributed by atoms with Crippen molar-refractivity contribution in [2.24, 2.45) is 0 Å². The molecule has 1 aromatic carbocycles. The first-order valence-electron chi connectivity index (χ1n) is 7.51. The number of hydrogen-bond acceptors (Lipinski definition) is 2. The minimum absolute atomic E-state index is 0.242. The van der Waals surface area contributed by atoms with Crippen molar-refractivity contribution in [1.82, 2.24) is 0 Å². The molecule has 0 bridgehead atoms. The zero-order valence-electron chi connectivity index (χ0n) is 13.2. The molecule has 2 nitrogen and oxygen atoms in total. The van der Waals surface area contributed by atoms with E-state index in [1.54, 1.807) is 6.26 Å². The van der Waals surface area contributed by atoms with Gasteiger partial charge >= 0.3 is 0 Å². The Balaban J connectivity index is 1.90. The Morgan fingerprint density at radius 3 is 2.86 bits per heavy atom. The quantitative estimate of drug-likeness (QED) is 0.678. The third kappa shape index (κ3) is 2.63. The normalized spacial score (nSPS) is 20.2. The first kappa shape index (κ1) is 14.0. The molecule has 1 unspecified atom stereocenters. The molecule has 110 valence electrons. The first-order valence-corrected chi connectivity index (χ1v) is 7.51. The predicted octanol–water partition coefficient (Wildman–Crippen LogP) is 5.65. The summed E-state index contributed by atoms with van der Waals surface area (Å²) in [5.41, 5.74) is 4.26. The summed E-state index contributed by atoms with van der Waals surface area (Å²) in [4.78, 5) is 0. The number of hydrogen-bond donors (Lipinski definition) is 0. The van der Waals surface area contributed by atoms with E-state index >= 15 is 0 Å². The highest BCUT2D eigenvalue weighted by atomic mass is 16.5. The average Bonchev–Trinajstić information content (AvgIpc) is 2.79. The molecule has 21 heavy (non-hydrogen) atoms. The molecule has 1 aliphatic heterocycles. The van der Waals surface area contributed by atoms with Gasteiger partial charge in [0, 0.05) is 5.39 Å². The molecule has 2 heterocycles. The van der Waals surface area contributed by atoms with E-state index in [9.17, 15) is 0 Å². The summed E-state index contributed by atoms with van der Waals surface area (Å²) in [6.07, 6.45) is 10.4. The maximum absolute atomic E-state index is 6.24. The van der Waals surface area contributed by atoms with Crippen molar-refractivity contribution in [3.8, 4) is 5.75 Å². The Bertz CT molecular complexity index is 729. The zero-order valence-corrected chi connectivity index (χ0v) is 13.2. The van der Waals surface area contributed by atoms with Crippen molar-refractivity contribution in [3.05, 3.63) is 47.2 Å². The van der Waals surface area contributed by atoms with Gasteiger partial charge in [0.15, 0.2) is 0 Å². The van der Waals surface area contributed by atoms with Crippen molar-refractivity contribution >= 4 is 17.0 Å². The average molecular weight is 282 g/mol. The fourth-order valence-corrected chi connectivity index (χ4v) is 2.80. The van der Waals surface area contributed by atoms with Crippen LogP contribution in [0.3, 0.4) is 0 Å². The smallest absolute Gasteiger partial charge is 0.145 e. The van der Waals surface area contributed by atoms with Gasteiger partial charge in [0.25, 0.3) is 0 Å². The Labute approximate surface area is 126 Å². The van der Waals surface area contributed by atoms with Crippen molar-refractivity contribution < 1.29 is 9.15 Å². The van der Waals surface area contributed by atoms with Gasteiger partial charge < -0.3 is 9.15 Å². The highest BCUT2D eigenvalue weighted by molar-refractivity contribution is 5.91. The van der Waals surface area contributed by atoms with Gasteiger partial charge in [-0.1, -0.05) is 11.6 Å². The summed E-state index contributed by atoms with van der Waals surface area (Å²) in [5, 5.41) is 1.16. The van der Waals surface area contributed by atoms with Crippen LogP contribution in [0.4, 0.5) is 0 Å². The number of aryl methyl sites for hydroxylation is 1. The number of rotatable bonds is 3. The van der Waals surface area contributed by atoms with Gasteiger partial charge in [0.05, 0.1) is 11.8 Å². The molecule has 0 saturated carbocycles. The van der Waals surface area contributed by atoms with E-state index in [-0.39, 0.29) is 5.60 Å². The van der Waals surface area contributed by atoms with Crippen molar-refractivity contribution in [3.63, 3.8) is 0 Å². The molecule has 0 spiro atoms. The van der Waals surface area contributed by atoms with Gasteiger partial charge in [-0.3, -0.25) is 0 Å². The van der Waals surface area contributed by atoms with Crippen LogP contribution in [-0.2, 0) is 0 Å². The molecule has 0 aliphatic carbocycles. The topological polar surface area (TPSA) is 22.4 Å². The largest absolute Gasteiger partial charge is 0.483 e. The molecular weight excluding hydrogens is 260 g/mol. The molecule has 0 N–H and O–H groups in total. The lowest BCUT2D eigenvalue weighted by molar-refractivity contribution is 0.129. The summed E-state index contributed by atoms with van der Waals surface area (Å²) >= 11 is 0. The Hall–Kier alpha value is -1.96. The summed E-state index contributed by atoms with van der Waals surface area (Å²) in [6.45, 7) is 8.47. The fourth-order valence-electron chi connectivity index (χ4n) is 2.80. The van der Waals surface area contributed by atoms with Crippen molar-refractivity contribution in [2.45, 2.75) is 46.1 Å². The maximum Gasteiger partial charge on any atom is 0.145 e. The summed E-state index contributed by atoms with van der Waals surface area (Å²) in [5.74, 6) is 0.916. The minimum atomic E-state index is -0.242. The Kier molecular flexibility index (Phi) is 3.40. The van der Waals surface area contributed by atoms with Crippen molar-refractivity contribution in [1.29, 1.82) is 0 Å². The van der Waals surface area contributed by atoms with Crippen LogP contribution in [0.1, 0.15) is 44.7 Å². The van der Waals surface area contributed by atoms with Crippen LogP contribution in [0.5, 0.6) is 5.75 Å². The van der Waals surface area contributed by atoms with Crippen LogP contribution in [-0.4, -0.2) is 5.60 Å². The minimum Gasteiger partial charge on any atom is -0.483 e. The maximum atomic E-state index is 6.24. The third-order valence-corrected chi connectivity index (χ3v) is 4.07. The molecule has 1 atom stereocenters. The highest BCUT2D eigenvalue weighted by Crippen LogP contribution is 2.38. The molecule has 2 heteroatoms. The molecule has 3 rings (SSSR count). The lowest BCUT2D eigenvalue weighted by atomic mass is 9.94. The Morgan fingerprint density at radius 2 is 2.10 bits per heavy atom. The number of allylic oxidation sites excluding steroid dienone is 2. The molecule has 0 saturated heterocycles. The number of furan rings is 1. The van der Waals surface area contributed by atoms with Crippen LogP contribution in [0.15, 0.2) is 40.5 Å². The Morgan fingerprint density at radius 1 is 1.29 bits per heavy atom. The van der Waals surface area contributed by atoms with E-state index in [4.69, 9.17) is 9.15 Å². The third-order valence-electron chi connectivity index (χ3n) is 4.07. The van der Waals surface area contributed by atoms with Gasteiger partial charge in [-0.2, -0.15) is 0 Å². The molecule has 0 amide bonds. The van der Waals surface area contributed by atoms with Crippen LogP contribution >= 0.6 is 0 Å². The van der Waals surface area contributed by atoms with Gasteiger partial charge in [-0.25, -0.2) is 0 Å². The van der Waals surface area contributed by atoms with Crippen molar-refractivity contribution in [2.75, 3.05) is 0 Å². The van der Waals surface area contributed by atoms with Gasteiger partial charge in [0.1, 0.15) is 16.9 Å². The lowest BCUT2D eigenvalue weighted by Gasteiger charge is -2.31. The van der Waals surface area contributed by atoms with Gasteiger partial charge in [-0.05, 0) is 70.4 Å². The molecule has 0 radical (unpaired) electrons. The molecule has 1 aliphatic rings. The van der Waals surface area contributed by atoms with Crippen LogP contribution in [0.2, 0.25) is 0 Å². The van der Waals surface area contributed by atoms with Crippen LogP contribution in [0.25, 0.3) is 17.0 Å². The standard InChI is InChI=1S/C19H22O2/c1-13(2)6-5-10-19(4)11-9-16-17(21-19)8-7-15-14(3)12-20-18(15)16/h6-9,11-12H,5,10H2,1-4H3. The van der Waals surface area contributed by atoms with E-state index in [1.165, 1.54) is 5.57 Å². The number of benzene rings is 1. The predicted molar refractivity (Wildman–Crippen MR) is 87.7 cm³/mol. The fraction of sp³-hybridized carbons (Fsp3) is 0.368. The molecular formula is C19H22O2. The van der Waals surface area contributed by atoms with Gasteiger partial charge in [0.2, 0.25) is 0 Å². The second-order valence-corrected chi connectivity index (χ2v) is 6.34. The van der Waals surface area contributed by atoms with E-state index in [1.807, 2.05) is 0 Å². The molecule has 1 aromatic heterocycles. The van der Waals surface area contributed by atoms with Crippen LogP contribution in [0, 0.1) is 6.92 Å².